The third kappa shape index (κ3) is 2.93. The zero-order valence-electron chi connectivity index (χ0n) is 10.2. The molecule has 2 nitrogen and oxygen atoms in total. The molecular weight excluding hydrogens is 237 g/mol. The lowest BCUT2D eigenvalue weighted by Gasteiger charge is -2.22. The Morgan fingerprint density at radius 3 is 2.59 bits per heavy atom. The van der Waals surface area contributed by atoms with Crippen LogP contribution in [0.15, 0.2) is 24.3 Å². The van der Waals surface area contributed by atoms with Crippen LogP contribution >= 0.6 is 0 Å². The number of hydrogen-bond acceptors (Lipinski definition) is 2. The van der Waals surface area contributed by atoms with Gasteiger partial charge in [-0.05, 0) is 37.1 Å². The Bertz CT molecular complexity index is 406. The lowest BCUT2D eigenvalue weighted by atomic mass is 10.0. The number of rotatable bonds is 1. The molecule has 94 valence electrons. The molecule has 1 saturated heterocycles. The van der Waals surface area contributed by atoms with Gasteiger partial charge in [0.1, 0.15) is 5.82 Å². The van der Waals surface area contributed by atoms with Crippen molar-refractivity contribution in [3.63, 3.8) is 0 Å². The lowest BCUT2D eigenvalue weighted by Crippen LogP contribution is -2.31. The number of hydrogen-bond donors (Lipinski definition) is 1. The summed E-state index contributed by atoms with van der Waals surface area (Å²) in [7, 11) is -0.825. The molecular formula is C13H18FNOS. The third-order valence-corrected chi connectivity index (χ3v) is 5.25. The van der Waals surface area contributed by atoms with E-state index in [1.807, 2.05) is 6.92 Å². The average molecular weight is 255 g/mol. The van der Waals surface area contributed by atoms with E-state index in [1.54, 1.807) is 12.1 Å². The van der Waals surface area contributed by atoms with Gasteiger partial charge in [0.25, 0.3) is 0 Å². The molecule has 1 N–H and O–H groups in total. The summed E-state index contributed by atoms with van der Waals surface area (Å²) in [6.45, 7) is 4.96. The minimum atomic E-state index is -0.825. The van der Waals surface area contributed by atoms with Crippen molar-refractivity contribution >= 4 is 10.8 Å². The zero-order valence-corrected chi connectivity index (χ0v) is 11.0. The highest BCUT2D eigenvalue weighted by molar-refractivity contribution is 7.85. The van der Waals surface area contributed by atoms with Gasteiger partial charge in [0.2, 0.25) is 0 Å². The van der Waals surface area contributed by atoms with Crippen molar-refractivity contribution in [2.75, 3.05) is 12.3 Å². The molecule has 0 spiro atoms. The van der Waals surface area contributed by atoms with Gasteiger partial charge in [0, 0.05) is 22.6 Å². The summed E-state index contributed by atoms with van der Waals surface area (Å²) in [6.07, 6.45) is 0. The van der Waals surface area contributed by atoms with E-state index >= 15 is 0 Å². The zero-order chi connectivity index (χ0) is 12.4. The number of nitrogens with one attached hydrogen (secondary N) is 1. The van der Waals surface area contributed by atoms with Crippen molar-refractivity contribution in [1.82, 2.24) is 5.32 Å². The molecule has 0 aromatic heterocycles. The Balaban J connectivity index is 2.24. The first-order valence-electron chi connectivity index (χ1n) is 5.94. The van der Waals surface area contributed by atoms with Crippen LogP contribution in [-0.2, 0) is 10.8 Å². The van der Waals surface area contributed by atoms with Crippen molar-refractivity contribution < 1.29 is 8.60 Å². The summed E-state index contributed by atoms with van der Waals surface area (Å²) in [6, 6.07) is 6.52. The Morgan fingerprint density at radius 2 is 1.94 bits per heavy atom. The Hall–Kier alpha value is -0.740. The first kappa shape index (κ1) is 12.7. The maximum Gasteiger partial charge on any atom is 0.123 e. The number of halogens is 1. The van der Waals surface area contributed by atoms with Crippen LogP contribution in [0.4, 0.5) is 4.39 Å². The molecule has 4 atom stereocenters. The van der Waals surface area contributed by atoms with E-state index in [0.29, 0.717) is 5.92 Å². The topological polar surface area (TPSA) is 29.1 Å². The third-order valence-electron chi connectivity index (χ3n) is 3.25. The van der Waals surface area contributed by atoms with E-state index in [9.17, 15) is 8.60 Å². The van der Waals surface area contributed by atoms with Crippen LogP contribution in [0.25, 0.3) is 0 Å². The van der Waals surface area contributed by atoms with E-state index in [4.69, 9.17) is 0 Å². The quantitative estimate of drug-likeness (QED) is 0.834. The van der Waals surface area contributed by atoms with Crippen LogP contribution in [-0.4, -0.2) is 21.8 Å². The van der Waals surface area contributed by atoms with Gasteiger partial charge in [-0.15, -0.1) is 0 Å². The van der Waals surface area contributed by atoms with Crippen molar-refractivity contribution in [2.24, 2.45) is 5.92 Å². The van der Waals surface area contributed by atoms with Gasteiger partial charge in [-0.3, -0.25) is 4.21 Å². The van der Waals surface area contributed by atoms with E-state index in [1.165, 1.54) is 12.1 Å². The largest absolute Gasteiger partial charge is 0.309 e. The van der Waals surface area contributed by atoms with Gasteiger partial charge >= 0.3 is 0 Å². The highest BCUT2D eigenvalue weighted by atomic mass is 32.2. The second-order valence-corrected chi connectivity index (χ2v) is 6.63. The van der Waals surface area contributed by atoms with Crippen LogP contribution in [0.2, 0.25) is 0 Å². The summed E-state index contributed by atoms with van der Waals surface area (Å²) in [5, 5.41) is 3.49. The van der Waals surface area contributed by atoms with E-state index < -0.39 is 10.8 Å². The molecule has 17 heavy (non-hydrogen) atoms. The van der Waals surface area contributed by atoms with Crippen molar-refractivity contribution in [1.29, 1.82) is 0 Å². The monoisotopic (exact) mass is 255 g/mol. The second kappa shape index (κ2) is 5.27. The van der Waals surface area contributed by atoms with Crippen LogP contribution < -0.4 is 5.32 Å². The number of benzene rings is 1. The second-order valence-electron chi connectivity index (χ2n) is 4.80. The molecule has 2 rings (SSSR count). The van der Waals surface area contributed by atoms with Gasteiger partial charge in [-0.1, -0.05) is 19.1 Å². The van der Waals surface area contributed by atoms with Gasteiger partial charge < -0.3 is 5.32 Å². The molecule has 0 radical (unpaired) electrons. The predicted molar refractivity (Wildman–Crippen MR) is 68.8 cm³/mol. The van der Waals surface area contributed by atoms with Crippen molar-refractivity contribution in [3.05, 3.63) is 35.6 Å². The average Bonchev–Trinajstić information content (AvgIpc) is 2.42. The molecule has 4 unspecified atom stereocenters. The van der Waals surface area contributed by atoms with Crippen LogP contribution in [0.5, 0.6) is 0 Å². The molecule has 1 aromatic carbocycles. The fourth-order valence-corrected chi connectivity index (χ4v) is 3.74. The minimum Gasteiger partial charge on any atom is -0.309 e. The molecule has 0 aliphatic carbocycles. The maximum absolute atomic E-state index is 12.9. The lowest BCUT2D eigenvalue weighted by molar-refractivity contribution is 0.488. The molecule has 4 heteroatoms. The van der Waals surface area contributed by atoms with Crippen molar-refractivity contribution in [3.8, 4) is 0 Å². The summed E-state index contributed by atoms with van der Waals surface area (Å²) in [5.41, 5.74) is 1.02. The summed E-state index contributed by atoms with van der Waals surface area (Å²) < 4.78 is 25.0. The standard InChI is InChI=1S/C13H18FNOS/c1-9-7-15-13(10(2)17(16)8-9)11-3-5-12(14)6-4-11/h3-6,9-10,13,15H,7-8H2,1-2H3. The fourth-order valence-electron chi connectivity index (χ4n) is 2.20. The first-order valence-corrected chi connectivity index (χ1v) is 7.32. The van der Waals surface area contributed by atoms with Gasteiger partial charge in [0.05, 0.1) is 5.25 Å². The molecule has 1 fully saturated rings. The normalized spacial score (nSPS) is 34.3. The highest BCUT2D eigenvalue weighted by Crippen LogP contribution is 2.24. The summed E-state index contributed by atoms with van der Waals surface area (Å²) >= 11 is 0. The molecule has 1 heterocycles. The van der Waals surface area contributed by atoms with Crippen LogP contribution in [0.1, 0.15) is 25.5 Å². The molecule has 1 aliphatic heterocycles. The Labute approximate surface area is 104 Å². The fraction of sp³-hybridized carbons (Fsp3) is 0.538. The molecule has 1 aliphatic rings. The SMILES string of the molecule is CC1CNC(c2ccc(F)cc2)C(C)S(=O)C1. The van der Waals surface area contributed by atoms with E-state index in [-0.39, 0.29) is 17.1 Å². The Kier molecular flexibility index (Phi) is 3.94. The molecule has 0 bridgehead atoms. The molecule has 1 aromatic rings. The minimum absolute atomic E-state index is 0.0568. The first-order chi connectivity index (χ1) is 8.08. The molecule has 0 amide bonds. The molecule has 0 saturated carbocycles. The smallest absolute Gasteiger partial charge is 0.123 e. The van der Waals surface area contributed by atoms with E-state index in [0.717, 1.165) is 17.9 Å². The van der Waals surface area contributed by atoms with Crippen LogP contribution in [0, 0.1) is 11.7 Å². The van der Waals surface area contributed by atoms with Crippen LogP contribution in [0.3, 0.4) is 0 Å². The Morgan fingerprint density at radius 1 is 1.29 bits per heavy atom. The van der Waals surface area contributed by atoms with Gasteiger partial charge in [-0.2, -0.15) is 0 Å². The van der Waals surface area contributed by atoms with E-state index in [2.05, 4.69) is 12.2 Å². The van der Waals surface area contributed by atoms with Gasteiger partial charge in [0.15, 0.2) is 0 Å². The predicted octanol–water partition coefficient (Wildman–Crippen LogP) is 2.24. The maximum atomic E-state index is 12.9. The van der Waals surface area contributed by atoms with Crippen molar-refractivity contribution in [2.45, 2.75) is 25.1 Å². The summed E-state index contributed by atoms with van der Waals surface area (Å²) in [5.74, 6) is 0.930. The van der Waals surface area contributed by atoms with Gasteiger partial charge in [-0.25, -0.2) is 4.39 Å². The summed E-state index contributed by atoms with van der Waals surface area (Å²) in [4.78, 5) is 0. The highest BCUT2D eigenvalue weighted by Gasteiger charge is 2.28.